The van der Waals surface area contributed by atoms with E-state index in [9.17, 15) is 0 Å². The summed E-state index contributed by atoms with van der Waals surface area (Å²) in [5, 5.41) is 0. The predicted octanol–water partition coefficient (Wildman–Crippen LogP) is 13.9. The van der Waals surface area contributed by atoms with E-state index in [-0.39, 0.29) is 0 Å². The van der Waals surface area contributed by atoms with Gasteiger partial charge in [-0.3, -0.25) is 0 Å². The second-order valence-electron chi connectivity index (χ2n) is 14.1. The van der Waals surface area contributed by atoms with Gasteiger partial charge in [0.1, 0.15) is 0 Å². The second kappa shape index (κ2) is 16.1. The predicted molar refractivity (Wildman–Crippen MR) is 237 cm³/mol. The van der Waals surface area contributed by atoms with Crippen LogP contribution in [0.5, 0.6) is 0 Å². The molecule has 57 heavy (non-hydrogen) atoms. The summed E-state index contributed by atoms with van der Waals surface area (Å²) in [6.45, 7) is 3.90. The molecule has 9 rings (SSSR count). The highest BCUT2D eigenvalue weighted by Gasteiger charge is 2.14. The third-order valence-electron chi connectivity index (χ3n) is 10.3. The molecule has 0 spiro atoms. The molecule has 9 aromatic rings. The van der Waals surface area contributed by atoms with Crippen molar-refractivity contribution in [3.63, 3.8) is 0 Å². The molecule has 0 saturated heterocycles. The normalized spacial score (nSPS) is 10.9. The van der Waals surface area contributed by atoms with Gasteiger partial charge in [-0.1, -0.05) is 182 Å². The number of nitrogens with zero attached hydrogens (tertiary/aromatic N) is 3. The summed E-state index contributed by atoms with van der Waals surface area (Å²) in [4.78, 5) is 14.8. The zero-order chi connectivity index (χ0) is 38.4. The summed E-state index contributed by atoms with van der Waals surface area (Å²) in [6, 6.07) is 72.6. The third kappa shape index (κ3) is 7.86. The van der Waals surface area contributed by atoms with E-state index in [0.29, 0.717) is 17.5 Å². The molecule has 1 aromatic heterocycles. The minimum atomic E-state index is 0.639. The maximum atomic E-state index is 4.96. The molecule has 0 N–H and O–H groups in total. The molecule has 0 atom stereocenters. The monoisotopic (exact) mass is 729 g/mol. The minimum Gasteiger partial charge on any atom is -0.208 e. The minimum absolute atomic E-state index is 0.639. The van der Waals surface area contributed by atoms with E-state index < -0.39 is 0 Å². The van der Waals surface area contributed by atoms with Crippen molar-refractivity contribution in [3.05, 3.63) is 224 Å². The maximum absolute atomic E-state index is 4.96. The van der Waals surface area contributed by atoms with Gasteiger partial charge in [0.2, 0.25) is 0 Å². The number of aromatic nitrogens is 3. The van der Waals surface area contributed by atoms with Crippen LogP contribution in [0.3, 0.4) is 0 Å². The van der Waals surface area contributed by atoms with Crippen LogP contribution in [0, 0.1) is 0 Å². The lowest BCUT2D eigenvalue weighted by Gasteiger charge is -2.13. The summed E-state index contributed by atoms with van der Waals surface area (Å²) in [6.07, 6.45) is 2.81. The molecular formula is C54H39N3. The van der Waals surface area contributed by atoms with Crippen LogP contribution in [0.2, 0.25) is 0 Å². The molecule has 0 fully saturated rings. The van der Waals surface area contributed by atoms with Crippen molar-refractivity contribution in [3.8, 4) is 89.8 Å². The van der Waals surface area contributed by atoms with Crippen molar-refractivity contribution in [2.75, 3.05) is 0 Å². The molecule has 0 radical (unpaired) electrons. The summed E-state index contributed by atoms with van der Waals surface area (Å²) < 4.78 is 0. The maximum Gasteiger partial charge on any atom is 0.164 e. The van der Waals surface area contributed by atoms with Crippen LogP contribution >= 0.6 is 0 Å². The Balaban J connectivity index is 1.03. The lowest BCUT2D eigenvalue weighted by Crippen LogP contribution is -2.00. The Hall–Kier alpha value is -7.49. The van der Waals surface area contributed by atoms with Crippen LogP contribution in [0.25, 0.3) is 89.8 Å². The molecule has 0 amide bonds. The number of hydrogen-bond acceptors (Lipinski definition) is 3. The number of allylic oxidation sites excluding steroid dienone is 1. The first-order valence-electron chi connectivity index (χ1n) is 19.3. The highest BCUT2D eigenvalue weighted by atomic mass is 15.0. The highest BCUT2D eigenvalue weighted by Crippen LogP contribution is 2.35. The number of benzene rings is 8. The Kier molecular flexibility index (Phi) is 9.94. The first-order chi connectivity index (χ1) is 28.2. The fourth-order valence-corrected chi connectivity index (χ4v) is 7.27. The van der Waals surface area contributed by atoms with Crippen LogP contribution in [0.1, 0.15) is 5.56 Å². The summed E-state index contributed by atoms with van der Waals surface area (Å²) in [5.41, 5.74) is 15.8. The topological polar surface area (TPSA) is 38.7 Å². The van der Waals surface area contributed by atoms with Crippen molar-refractivity contribution in [1.29, 1.82) is 0 Å². The van der Waals surface area contributed by atoms with Gasteiger partial charge in [0.05, 0.1) is 0 Å². The molecule has 0 unspecified atom stereocenters. The average Bonchev–Trinajstić information content (AvgIpc) is 3.30. The van der Waals surface area contributed by atoms with Crippen molar-refractivity contribution >= 4 is 0 Å². The van der Waals surface area contributed by atoms with Gasteiger partial charge in [-0.2, -0.15) is 0 Å². The fraction of sp³-hybridized carbons (Fsp3) is 0.0185. The molecule has 0 bridgehead atoms. The Morgan fingerprint density at radius 2 is 0.579 bits per heavy atom. The van der Waals surface area contributed by atoms with Gasteiger partial charge < -0.3 is 0 Å². The molecule has 270 valence electrons. The van der Waals surface area contributed by atoms with Gasteiger partial charge in [-0.05, 0) is 98.0 Å². The van der Waals surface area contributed by atoms with Crippen molar-refractivity contribution < 1.29 is 0 Å². The van der Waals surface area contributed by atoms with Crippen LogP contribution in [-0.2, 0) is 6.42 Å². The van der Waals surface area contributed by atoms with Crippen LogP contribution in [0.15, 0.2) is 219 Å². The van der Waals surface area contributed by atoms with E-state index in [4.69, 9.17) is 15.0 Å². The highest BCUT2D eigenvalue weighted by molar-refractivity contribution is 5.83. The lowest BCUT2D eigenvalue weighted by atomic mass is 9.92. The zero-order valence-electron chi connectivity index (χ0n) is 31.5. The second-order valence-corrected chi connectivity index (χ2v) is 14.1. The standard InChI is InChI=1S/C54H39N3/c1-2-14-38-25-27-41(28-26-38)50-35-49(39-15-6-3-7-16-39)36-51(37-50)42-31-29-40(30-32-42)45-21-12-22-46(33-45)47-23-13-24-48(34-47)54-56-52(43-17-8-4-9-18-43)55-53(57-54)44-19-10-5-11-20-44/h2-13,15-37H,1,14H2. The van der Waals surface area contributed by atoms with E-state index >= 15 is 0 Å². The lowest BCUT2D eigenvalue weighted by molar-refractivity contribution is 1.07. The summed E-state index contributed by atoms with van der Waals surface area (Å²) in [5.74, 6) is 1.94. The molecule has 8 aromatic carbocycles. The van der Waals surface area contributed by atoms with Gasteiger partial charge in [0, 0.05) is 16.7 Å². The van der Waals surface area contributed by atoms with Gasteiger partial charge in [0.15, 0.2) is 17.5 Å². The van der Waals surface area contributed by atoms with Gasteiger partial charge >= 0.3 is 0 Å². The Morgan fingerprint density at radius 3 is 1.04 bits per heavy atom. The molecular weight excluding hydrogens is 691 g/mol. The third-order valence-corrected chi connectivity index (χ3v) is 10.3. The van der Waals surface area contributed by atoms with E-state index in [1.165, 1.54) is 38.9 Å². The van der Waals surface area contributed by atoms with Crippen molar-refractivity contribution in [1.82, 2.24) is 15.0 Å². The van der Waals surface area contributed by atoms with Gasteiger partial charge in [-0.25, -0.2) is 15.0 Å². The van der Waals surface area contributed by atoms with E-state index in [1.54, 1.807) is 0 Å². The molecule has 1 heterocycles. The van der Waals surface area contributed by atoms with E-state index in [2.05, 4.69) is 152 Å². The first kappa shape index (κ1) is 35.2. The van der Waals surface area contributed by atoms with Crippen LogP contribution in [-0.4, -0.2) is 15.0 Å². The summed E-state index contributed by atoms with van der Waals surface area (Å²) in [7, 11) is 0. The Labute approximate surface area is 334 Å². The van der Waals surface area contributed by atoms with Crippen LogP contribution in [0.4, 0.5) is 0 Å². The van der Waals surface area contributed by atoms with E-state index in [1.807, 2.05) is 66.7 Å². The fourth-order valence-electron chi connectivity index (χ4n) is 7.27. The number of rotatable bonds is 10. The Bertz CT molecular complexity index is 2740. The molecule has 0 aliphatic rings. The van der Waals surface area contributed by atoms with Crippen molar-refractivity contribution in [2.24, 2.45) is 0 Å². The number of hydrogen-bond donors (Lipinski definition) is 0. The Morgan fingerprint density at radius 1 is 0.281 bits per heavy atom. The molecule has 0 aliphatic heterocycles. The quantitative estimate of drug-likeness (QED) is 0.132. The zero-order valence-corrected chi connectivity index (χ0v) is 31.5. The SMILES string of the molecule is C=CCc1ccc(-c2cc(-c3ccccc3)cc(-c3ccc(-c4cccc(-c5cccc(-c6nc(-c7ccccc7)nc(-c7ccccc7)n6)c5)c4)cc3)c2)cc1. The van der Waals surface area contributed by atoms with Gasteiger partial charge in [-0.15, -0.1) is 6.58 Å². The van der Waals surface area contributed by atoms with E-state index in [0.717, 1.165) is 45.4 Å². The molecule has 0 saturated carbocycles. The van der Waals surface area contributed by atoms with Crippen molar-refractivity contribution in [2.45, 2.75) is 6.42 Å². The van der Waals surface area contributed by atoms with Gasteiger partial charge in [0.25, 0.3) is 0 Å². The average molecular weight is 730 g/mol. The molecule has 3 heteroatoms. The van der Waals surface area contributed by atoms with Crippen LogP contribution < -0.4 is 0 Å². The molecule has 0 aliphatic carbocycles. The largest absolute Gasteiger partial charge is 0.208 e. The smallest absolute Gasteiger partial charge is 0.164 e. The molecule has 3 nitrogen and oxygen atoms in total. The summed E-state index contributed by atoms with van der Waals surface area (Å²) >= 11 is 0. The first-order valence-corrected chi connectivity index (χ1v) is 19.3.